The third kappa shape index (κ3) is 4.26. The van der Waals surface area contributed by atoms with E-state index in [2.05, 4.69) is 20.7 Å². The molecule has 0 amide bonds. The Labute approximate surface area is 126 Å². The molecular weight excluding hydrogens is 348 g/mol. The average Bonchev–Trinajstić information content (AvgIpc) is 2.35. The first kappa shape index (κ1) is 17.1. The minimum Gasteiger partial charge on any atom is -0.258 e. The fraction of sp³-hybridized carbons (Fsp3) is 0.500. The predicted molar refractivity (Wildman–Crippen MR) is 80.0 cm³/mol. The summed E-state index contributed by atoms with van der Waals surface area (Å²) in [6.45, 7) is 6.13. The van der Waals surface area contributed by atoms with Gasteiger partial charge in [-0.1, -0.05) is 36.7 Å². The van der Waals surface area contributed by atoms with E-state index >= 15 is 0 Å². The monoisotopic (exact) mass is 364 g/mol. The molecule has 0 aliphatic carbocycles. The molecule has 0 radical (unpaired) electrons. The van der Waals surface area contributed by atoms with Crippen molar-refractivity contribution in [3.63, 3.8) is 0 Å². The van der Waals surface area contributed by atoms with Crippen LogP contribution in [0, 0.1) is 22.0 Å². The lowest BCUT2D eigenvalue weighted by Crippen LogP contribution is -2.30. The quantitative estimate of drug-likeness (QED) is 0.620. The zero-order chi connectivity index (χ0) is 15.5. The Morgan fingerprint density at radius 1 is 1.35 bits per heavy atom. The van der Waals surface area contributed by atoms with Gasteiger partial charge in [-0.05, 0) is 24.0 Å². The van der Waals surface area contributed by atoms with Gasteiger partial charge >= 0.3 is 0 Å². The summed E-state index contributed by atoms with van der Waals surface area (Å²) < 4.78 is 27.3. The smallest absolute Gasteiger partial charge is 0.258 e. The summed E-state index contributed by atoms with van der Waals surface area (Å²) in [7, 11) is -3.91. The Morgan fingerprint density at radius 3 is 2.45 bits per heavy atom. The van der Waals surface area contributed by atoms with Crippen LogP contribution in [-0.2, 0) is 10.0 Å². The normalized spacial score (nSPS) is 13.4. The van der Waals surface area contributed by atoms with Gasteiger partial charge in [-0.3, -0.25) is 10.1 Å². The lowest BCUT2D eigenvalue weighted by molar-refractivity contribution is -0.387. The summed E-state index contributed by atoms with van der Waals surface area (Å²) in [6, 6.07) is 3.85. The van der Waals surface area contributed by atoms with E-state index in [1.165, 1.54) is 18.2 Å². The van der Waals surface area contributed by atoms with Crippen LogP contribution >= 0.6 is 15.9 Å². The van der Waals surface area contributed by atoms with Crippen molar-refractivity contribution in [1.29, 1.82) is 0 Å². The highest BCUT2D eigenvalue weighted by atomic mass is 79.9. The Kier molecular flexibility index (Phi) is 5.67. The van der Waals surface area contributed by atoms with Crippen molar-refractivity contribution in [3.05, 3.63) is 32.8 Å². The molecule has 0 bridgehead atoms. The summed E-state index contributed by atoms with van der Waals surface area (Å²) in [6.07, 6.45) is 0. The minimum atomic E-state index is -3.91. The van der Waals surface area contributed by atoms with E-state index in [0.717, 1.165) is 0 Å². The van der Waals surface area contributed by atoms with Crippen molar-refractivity contribution in [1.82, 2.24) is 4.72 Å². The molecule has 1 rings (SSSR count). The van der Waals surface area contributed by atoms with E-state index in [1.807, 2.05) is 20.8 Å². The van der Waals surface area contributed by atoms with Gasteiger partial charge in [0.25, 0.3) is 5.69 Å². The lowest BCUT2D eigenvalue weighted by Gasteiger charge is -2.16. The number of nitrogens with zero attached hydrogens (tertiary/aromatic N) is 1. The molecule has 0 aliphatic rings. The van der Waals surface area contributed by atoms with Gasteiger partial charge in [-0.25, -0.2) is 13.1 Å². The summed E-state index contributed by atoms with van der Waals surface area (Å²) in [5.74, 6) is 0.450. The molecule has 0 saturated carbocycles. The summed E-state index contributed by atoms with van der Waals surface area (Å²) in [5.41, 5.74) is -0.432. The van der Waals surface area contributed by atoms with E-state index in [-0.39, 0.29) is 17.4 Å². The first-order valence-corrected chi connectivity index (χ1v) is 8.36. The number of halogens is 1. The first-order chi connectivity index (χ1) is 9.15. The zero-order valence-corrected chi connectivity index (χ0v) is 13.9. The number of nitrogens with one attached hydrogen (secondary N) is 1. The molecule has 0 fully saturated rings. The summed E-state index contributed by atoms with van der Waals surface area (Å²) in [4.78, 5) is 9.90. The maximum Gasteiger partial charge on any atom is 0.289 e. The number of rotatable bonds is 6. The average molecular weight is 365 g/mol. The van der Waals surface area contributed by atoms with Gasteiger partial charge in [-0.2, -0.15) is 0 Å². The zero-order valence-electron chi connectivity index (χ0n) is 11.5. The number of hydrogen-bond donors (Lipinski definition) is 1. The Bertz CT molecular complexity index is 601. The van der Waals surface area contributed by atoms with Crippen molar-refractivity contribution in [2.45, 2.75) is 25.7 Å². The van der Waals surface area contributed by atoms with Crippen LogP contribution < -0.4 is 4.72 Å². The molecule has 0 aliphatic heterocycles. The second-order valence-electron chi connectivity index (χ2n) is 4.94. The molecule has 20 heavy (non-hydrogen) atoms. The van der Waals surface area contributed by atoms with Crippen molar-refractivity contribution in [2.24, 2.45) is 11.8 Å². The topological polar surface area (TPSA) is 89.3 Å². The second kappa shape index (κ2) is 6.64. The molecule has 0 spiro atoms. The standard InChI is InChI=1S/C12H17BrN2O4S/c1-8(2)9(3)7-14-20(18,19)12-6-10(13)4-5-11(12)15(16)17/h4-6,8-9,14H,7H2,1-3H3. The molecular formula is C12H17BrN2O4S. The third-order valence-electron chi connectivity index (χ3n) is 3.14. The highest BCUT2D eigenvalue weighted by Crippen LogP contribution is 2.27. The van der Waals surface area contributed by atoms with Crippen molar-refractivity contribution in [2.75, 3.05) is 6.54 Å². The van der Waals surface area contributed by atoms with Crippen LogP contribution in [0.5, 0.6) is 0 Å². The highest BCUT2D eigenvalue weighted by Gasteiger charge is 2.26. The van der Waals surface area contributed by atoms with Crippen LogP contribution in [0.25, 0.3) is 0 Å². The van der Waals surface area contributed by atoms with Crippen LogP contribution in [-0.4, -0.2) is 19.9 Å². The number of nitro benzene ring substituents is 1. The van der Waals surface area contributed by atoms with Crippen molar-refractivity contribution >= 4 is 31.6 Å². The molecule has 1 aromatic carbocycles. The van der Waals surface area contributed by atoms with E-state index in [1.54, 1.807) is 0 Å². The minimum absolute atomic E-state index is 0.135. The summed E-state index contributed by atoms with van der Waals surface area (Å²) in [5, 5.41) is 10.9. The number of nitro groups is 1. The second-order valence-corrected chi connectivity index (χ2v) is 7.59. The van der Waals surface area contributed by atoms with E-state index in [4.69, 9.17) is 0 Å². The Hall–Kier alpha value is -0.990. The van der Waals surface area contributed by atoms with Crippen molar-refractivity contribution < 1.29 is 13.3 Å². The van der Waals surface area contributed by atoms with Crippen molar-refractivity contribution in [3.8, 4) is 0 Å². The van der Waals surface area contributed by atoms with Gasteiger partial charge in [0.15, 0.2) is 4.90 Å². The van der Waals surface area contributed by atoms with Crippen LogP contribution in [0.1, 0.15) is 20.8 Å². The molecule has 0 heterocycles. The largest absolute Gasteiger partial charge is 0.289 e. The molecule has 1 N–H and O–H groups in total. The van der Waals surface area contributed by atoms with Crippen LogP contribution in [0.4, 0.5) is 5.69 Å². The lowest BCUT2D eigenvalue weighted by atomic mass is 9.99. The van der Waals surface area contributed by atoms with E-state index in [0.29, 0.717) is 10.4 Å². The molecule has 1 unspecified atom stereocenters. The molecule has 1 aromatic rings. The van der Waals surface area contributed by atoms with Gasteiger partial charge in [0.1, 0.15) is 0 Å². The van der Waals surface area contributed by atoms with Gasteiger partial charge < -0.3 is 0 Å². The fourth-order valence-corrected chi connectivity index (χ4v) is 3.26. The van der Waals surface area contributed by atoms with E-state index < -0.39 is 20.6 Å². The third-order valence-corrected chi connectivity index (χ3v) is 5.09. The SMILES string of the molecule is CC(C)C(C)CNS(=O)(=O)c1cc(Br)ccc1[N+](=O)[O-]. The van der Waals surface area contributed by atoms with Gasteiger partial charge in [-0.15, -0.1) is 0 Å². The summed E-state index contributed by atoms with van der Waals surface area (Å²) >= 11 is 3.13. The van der Waals surface area contributed by atoms with Gasteiger partial charge in [0.05, 0.1) is 4.92 Å². The number of benzene rings is 1. The Morgan fingerprint density at radius 2 is 1.95 bits per heavy atom. The number of hydrogen-bond acceptors (Lipinski definition) is 4. The van der Waals surface area contributed by atoms with Crippen LogP contribution in [0.3, 0.4) is 0 Å². The molecule has 6 nitrogen and oxygen atoms in total. The maximum absolute atomic E-state index is 12.2. The molecule has 0 saturated heterocycles. The van der Waals surface area contributed by atoms with Gasteiger partial charge in [0.2, 0.25) is 10.0 Å². The Balaban J connectivity index is 3.09. The van der Waals surface area contributed by atoms with Gasteiger partial charge in [0, 0.05) is 17.1 Å². The van der Waals surface area contributed by atoms with E-state index in [9.17, 15) is 18.5 Å². The molecule has 112 valence electrons. The maximum atomic E-state index is 12.2. The predicted octanol–water partition coefficient (Wildman–Crippen LogP) is 2.93. The van der Waals surface area contributed by atoms with Crippen LogP contribution in [0.15, 0.2) is 27.6 Å². The molecule has 0 aromatic heterocycles. The van der Waals surface area contributed by atoms with Crippen LogP contribution in [0.2, 0.25) is 0 Å². The highest BCUT2D eigenvalue weighted by molar-refractivity contribution is 9.10. The molecule has 1 atom stereocenters. The molecule has 8 heteroatoms. The first-order valence-electron chi connectivity index (χ1n) is 6.08. The fourth-order valence-electron chi connectivity index (χ4n) is 1.41. The number of sulfonamides is 1.